The molecule has 0 fully saturated rings. The molecule has 4 nitrogen and oxygen atoms in total. The largest absolute Gasteiger partial charge is 0.376 e. The molecule has 0 atom stereocenters. The third kappa shape index (κ3) is 2.97. The molecule has 76 valence electrons. The normalized spacial score (nSPS) is 10.3. The molecule has 0 unspecified atom stereocenters. The van der Waals surface area contributed by atoms with Crippen LogP contribution in [-0.2, 0) is 9.78 Å². The van der Waals surface area contributed by atoms with Crippen molar-refractivity contribution in [3.8, 4) is 0 Å². The first kappa shape index (κ1) is 10.9. The van der Waals surface area contributed by atoms with Gasteiger partial charge in [0.25, 0.3) is 0 Å². The quantitative estimate of drug-likeness (QED) is 0.441. The van der Waals surface area contributed by atoms with E-state index in [1.54, 1.807) is 19.9 Å². The first-order chi connectivity index (χ1) is 6.61. The number of pyridine rings is 1. The zero-order chi connectivity index (χ0) is 10.6. The monoisotopic (exact) mass is 215 g/mol. The van der Waals surface area contributed by atoms with E-state index in [1.807, 2.05) is 0 Å². The Morgan fingerprint density at radius 1 is 1.57 bits per heavy atom. The lowest BCUT2D eigenvalue weighted by atomic mass is 10.3. The van der Waals surface area contributed by atoms with Gasteiger partial charge in [-0.3, -0.25) is 4.89 Å². The molecule has 1 aromatic heterocycles. The van der Waals surface area contributed by atoms with Gasteiger partial charge in [0.15, 0.2) is 0 Å². The fourth-order valence-electron chi connectivity index (χ4n) is 0.723. The van der Waals surface area contributed by atoms with Gasteiger partial charge in [0.05, 0.1) is 6.10 Å². The molecule has 1 rings (SSSR count). The van der Waals surface area contributed by atoms with E-state index in [1.165, 1.54) is 12.3 Å². The molecular formula is C9H10ClNO3. The Bertz CT molecular complexity index is 328. The standard InChI is InChI=1S/C9H10ClNO3/c1-6(2)13-14-9(12)7-4-3-5-11-8(7)10/h3-6H,1-2H3. The van der Waals surface area contributed by atoms with E-state index in [-0.39, 0.29) is 16.8 Å². The van der Waals surface area contributed by atoms with Crippen molar-refractivity contribution >= 4 is 17.6 Å². The highest BCUT2D eigenvalue weighted by Crippen LogP contribution is 2.12. The van der Waals surface area contributed by atoms with E-state index >= 15 is 0 Å². The van der Waals surface area contributed by atoms with E-state index in [0.717, 1.165) is 0 Å². The summed E-state index contributed by atoms with van der Waals surface area (Å²) in [6, 6.07) is 3.11. The minimum Gasteiger partial charge on any atom is -0.292 e. The van der Waals surface area contributed by atoms with E-state index in [2.05, 4.69) is 14.8 Å². The molecule has 0 saturated carbocycles. The van der Waals surface area contributed by atoms with Crippen molar-refractivity contribution in [2.45, 2.75) is 20.0 Å². The molecule has 0 bridgehead atoms. The average Bonchev–Trinajstić information content (AvgIpc) is 2.15. The van der Waals surface area contributed by atoms with Crippen LogP contribution in [0.5, 0.6) is 0 Å². The summed E-state index contributed by atoms with van der Waals surface area (Å²) in [7, 11) is 0. The fraction of sp³-hybridized carbons (Fsp3) is 0.333. The summed E-state index contributed by atoms with van der Waals surface area (Å²) >= 11 is 5.67. The lowest BCUT2D eigenvalue weighted by molar-refractivity contribution is -0.265. The number of carbonyl (C=O) groups excluding carboxylic acids is 1. The van der Waals surface area contributed by atoms with E-state index in [0.29, 0.717) is 0 Å². The van der Waals surface area contributed by atoms with E-state index < -0.39 is 5.97 Å². The van der Waals surface area contributed by atoms with Gasteiger partial charge in [0.1, 0.15) is 10.7 Å². The number of aromatic nitrogens is 1. The Morgan fingerprint density at radius 3 is 2.86 bits per heavy atom. The number of rotatable bonds is 3. The van der Waals surface area contributed by atoms with Crippen molar-refractivity contribution in [2.75, 3.05) is 0 Å². The Labute approximate surface area is 86.7 Å². The molecule has 1 heterocycles. The molecule has 0 aliphatic carbocycles. The number of halogens is 1. The topological polar surface area (TPSA) is 48.4 Å². The Balaban J connectivity index is 2.65. The van der Waals surface area contributed by atoms with Gasteiger partial charge in [-0.15, -0.1) is 0 Å². The van der Waals surface area contributed by atoms with E-state index in [4.69, 9.17) is 11.6 Å². The first-order valence-electron chi connectivity index (χ1n) is 4.09. The van der Waals surface area contributed by atoms with Crippen LogP contribution in [0.15, 0.2) is 18.3 Å². The molecule has 5 heteroatoms. The first-order valence-corrected chi connectivity index (χ1v) is 4.47. The van der Waals surface area contributed by atoms with Crippen LogP contribution >= 0.6 is 11.6 Å². The van der Waals surface area contributed by atoms with Crippen molar-refractivity contribution in [3.05, 3.63) is 29.0 Å². The van der Waals surface area contributed by atoms with Crippen LogP contribution in [0.1, 0.15) is 24.2 Å². The van der Waals surface area contributed by atoms with Crippen molar-refractivity contribution in [1.29, 1.82) is 0 Å². The predicted octanol–water partition coefficient (Wildman–Crippen LogP) is 2.23. The number of nitrogens with zero attached hydrogens (tertiary/aromatic N) is 1. The average molecular weight is 216 g/mol. The highest BCUT2D eigenvalue weighted by molar-refractivity contribution is 6.32. The van der Waals surface area contributed by atoms with Gasteiger partial charge in [0.2, 0.25) is 0 Å². The summed E-state index contributed by atoms with van der Waals surface area (Å²) in [6.07, 6.45) is 1.30. The Hall–Kier alpha value is -1.13. The Morgan fingerprint density at radius 2 is 2.29 bits per heavy atom. The molecule has 0 amide bonds. The maximum absolute atomic E-state index is 11.3. The lowest BCUT2D eigenvalue weighted by Crippen LogP contribution is -2.11. The summed E-state index contributed by atoms with van der Waals surface area (Å²) in [4.78, 5) is 24.2. The van der Waals surface area contributed by atoms with Gasteiger partial charge in [0, 0.05) is 6.20 Å². The Kier molecular flexibility index (Phi) is 3.85. The van der Waals surface area contributed by atoms with Gasteiger partial charge in [-0.2, -0.15) is 4.89 Å². The minimum absolute atomic E-state index is 0.102. The van der Waals surface area contributed by atoms with Gasteiger partial charge in [-0.25, -0.2) is 9.78 Å². The third-order valence-electron chi connectivity index (χ3n) is 1.30. The number of hydrogen-bond acceptors (Lipinski definition) is 4. The van der Waals surface area contributed by atoms with E-state index in [9.17, 15) is 4.79 Å². The second-order valence-electron chi connectivity index (χ2n) is 2.86. The predicted molar refractivity (Wildman–Crippen MR) is 50.9 cm³/mol. The van der Waals surface area contributed by atoms with Crippen LogP contribution in [-0.4, -0.2) is 17.1 Å². The summed E-state index contributed by atoms with van der Waals surface area (Å²) < 4.78 is 0. The van der Waals surface area contributed by atoms with Crippen LogP contribution < -0.4 is 0 Å². The van der Waals surface area contributed by atoms with Crippen LogP contribution in [0.4, 0.5) is 0 Å². The maximum atomic E-state index is 11.3. The molecule has 0 aromatic carbocycles. The molecule has 14 heavy (non-hydrogen) atoms. The van der Waals surface area contributed by atoms with Gasteiger partial charge < -0.3 is 0 Å². The zero-order valence-electron chi connectivity index (χ0n) is 7.86. The molecule has 0 saturated heterocycles. The number of hydrogen-bond donors (Lipinski definition) is 0. The van der Waals surface area contributed by atoms with Crippen LogP contribution in [0, 0.1) is 0 Å². The minimum atomic E-state index is -0.642. The second-order valence-corrected chi connectivity index (χ2v) is 3.22. The molecule has 0 aliphatic heterocycles. The summed E-state index contributed by atoms with van der Waals surface area (Å²) in [6.45, 7) is 3.50. The summed E-state index contributed by atoms with van der Waals surface area (Å²) in [5, 5.41) is 0.102. The van der Waals surface area contributed by atoms with Gasteiger partial charge >= 0.3 is 5.97 Å². The second kappa shape index (κ2) is 4.93. The summed E-state index contributed by atoms with van der Waals surface area (Å²) in [5.74, 6) is -0.642. The molecular weight excluding hydrogens is 206 g/mol. The molecule has 0 spiro atoms. The van der Waals surface area contributed by atoms with Gasteiger partial charge in [-0.05, 0) is 26.0 Å². The lowest BCUT2D eigenvalue weighted by Gasteiger charge is -2.06. The van der Waals surface area contributed by atoms with Crippen molar-refractivity contribution in [3.63, 3.8) is 0 Å². The molecule has 0 radical (unpaired) electrons. The molecule has 1 aromatic rings. The zero-order valence-corrected chi connectivity index (χ0v) is 8.62. The van der Waals surface area contributed by atoms with Crippen molar-refractivity contribution in [2.24, 2.45) is 0 Å². The number of carbonyl (C=O) groups is 1. The highest BCUT2D eigenvalue weighted by atomic mass is 35.5. The summed E-state index contributed by atoms with van der Waals surface area (Å²) in [5.41, 5.74) is 0.190. The van der Waals surface area contributed by atoms with Crippen molar-refractivity contribution < 1.29 is 14.6 Å². The fourth-order valence-corrected chi connectivity index (χ4v) is 0.920. The van der Waals surface area contributed by atoms with Crippen LogP contribution in [0.2, 0.25) is 5.15 Å². The van der Waals surface area contributed by atoms with Crippen molar-refractivity contribution in [1.82, 2.24) is 4.98 Å². The third-order valence-corrected chi connectivity index (χ3v) is 1.60. The molecule has 0 N–H and O–H groups in total. The smallest absolute Gasteiger partial charge is 0.292 e. The highest BCUT2D eigenvalue weighted by Gasteiger charge is 2.13. The van der Waals surface area contributed by atoms with Crippen LogP contribution in [0.25, 0.3) is 0 Å². The maximum Gasteiger partial charge on any atom is 0.376 e. The van der Waals surface area contributed by atoms with Crippen LogP contribution in [0.3, 0.4) is 0 Å². The molecule has 0 aliphatic rings. The van der Waals surface area contributed by atoms with Gasteiger partial charge in [-0.1, -0.05) is 11.6 Å². The SMILES string of the molecule is CC(C)OOC(=O)c1cccnc1Cl.